The van der Waals surface area contributed by atoms with Crippen LogP contribution in [0.2, 0.25) is 5.02 Å². The van der Waals surface area contributed by atoms with E-state index in [-0.39, 0.29) is 17.5 Å². The monoisotopic (exact) mass is 458 g/mol. The van der Waals surface area contributed by atoms with Crippen molar-refractivity contribution in [3.63, 3.8) is 0 Å². The first-order valence-electron chi connectivity index (χ1n) is 11.0. The van der Waals surface area contributed by atoms with Gasteiger partial charge in [-0.15, -0.1) is 0 Å². The van der Waals surface area contributed by atoms with Crippen LogP contribution in [-0.2, 0) is 6.54 Å². The minimum absolute atomic E-state index is 0.117. The normalized spacial score (nSPS) is 13.3. The number of carbonyl (C=O) groups is 1. The first-order chi connectivity index (χ1) is 15.9. The molecule has 3 aliphatic rings. The van der Waals surface area contributed by atoms with Crippen LogP contribution < -0.4 is 10.9 Å². The third kappa shape index (κ3) is 4.14. The van der Waals surface area contributed by atoms with Crippen LogP contribution in [0, 0.1) is 6.92 Å². The Morgan fingerprint density at radius 3 is 2.61 bits per heavy atom. The van der Waals surface area contributed by atoms with E-state index in [0.717, 1.165) is 29.5 Å². The average molecular weight is 459 g/mol. The molecule has 0 spiro atoms. The summed E-state index contributed by atoms with van der Waals surface area (Å²) in [6.07, 6.45) is 3.91. The number of aryl methyl sites for hydroxylation is 2. The van der Waals surface area contributed by atoms with Gasteiger partial charge in [-0.1, -0.05) is 35.9 Å². The van der Waals surface area contributed by atoms with Crippen LogP contribution >= 0.6 is 11.6 Å². The second-order valence-electron chi connectivity index (χ2n) is 8.37. The fourth-order valence-corrected chi connectivity index (χ4v) is 4.13. The largest absolute Gasteiger partial charge is 0.349 e. The fraction of sp³-hybridized carbons (Fsp3) is 0.231. The Kier molecular flexibility index (Phi) is 5.46. The molecule has 1 fully saturated rings. The number of fused-ring (bicyclic) bond motifs is 1. The Labute approximate surface area is 196 Å². The summed E-state index contributed by atoms with van der Waals surface area (Å²) >= 11 is 6.44. The van der Waals surface area contributed by atoms with Crippen LogP contribution in [0.4, 0.5) is 0 Å². The minimum Gasteiger partial charge on any atom is -0.349 e. The molecule has 2 aromatic carbocycles. The topological polar surface area (TPSA) is 76.9 Å². The third-order valence-corrected chi connectivity index (χ3v) is 6.24. The quantitative estimate of drug-likeness (QED) is 0.459. The SMILES string of the molecule is CCn1cc2cc(-c3cc(C(=O)NC4CC4)ccc3C)c(=O)nc-2c(-c2ccccc2Cl)n1. The maximum absolute atomic E-state index is 13.2. The van der Waals surface area contributed by atoms with Crippen LogP contribution in [0.25, 0.3) is 33.6 Å². The van der Waals surface area contributed by atoms with Gasteiger partial charge in [-0.2, -0.15) is 5.10 Å². The number of nitrogens with one attached hydrogen (secondary N) is 1. The number of nitrogens with zero attached hydrogens (tertiary/aromatic N) is 3. The molecule has 1 N–H and O–H groups in total. The number of amides is 1. The van der Waals surface area contributed by atoms with Crippen molar-refractivity contribution in [3.05, 3.63) is 81.2 Å². The highest BCUT2D eigenvalue weighted by Crippen LogP contribution is 2.35. The summed E-state index contributed by atoms with van der Waals surface area (Å²) in [6.45, 7) is 4.57. The molecule has 1 aliphatic carbocycles. The molecule has 1 saturated carbocycles. The van der Waals surface area contributed by atoms with Gasteiger partial charge in [-0.25, -0.2) is 4.98 Å². The van der Waals surface area contributed by atoms with Crippen molar-refractivity contribution in [1.82, 2.24) is 20.1 Å². The molecule has 1 amide bonds. The summed E-state index contributed by atoms with van der Waals surface area (Å²) in [7, 11) is 0. The summed E-state index contributed by atoms with van der Waals surface area (Å²) in [6, 6.07) is 14.9. The smallest absolute Gasteiger partial charge is 0.278 e. The number of benzene rings is 2. The van der Waals surface area contributed by atoms with Gasteiger partial charge in [0.05, 0.1) is 5.02 Å². The van der Waals surface area contributed by atoms with Gasteiger partial charge in [-0.05, 0) is 62.1 Å². The predicted molar refractivity (Wildman–Crippen MR) is 130 cm³/mol. The molecule has 6 nitrogen and oxygen atoms in total. The zero-order valence-corrected chi connectivity index (χ0v) is 19.2. The van der Waals surface area contributed by atoms with Crippen molar-refractivity contribution in [2.45, 2.75) is 39.3 Å². The van der Waals surface area contributed by atoms with Gasteiger partial charge in [0.25, 0.3) is 11.5 Å². The molecule has 0 radical (unpaired) electrons. The number of hydrogen-bond donors (Lipinski definition) is 1. The zero-order valence-electron chi connectivity index (χ0n) is 18.4. The molecule has 5 rings (SSSR count). The summed E-state index contributed by atoms with van der Waals surface area (Å²) in [5, 5.41) is 8.21. The predicted octanol–water partition coefficient (Wildman–Crippen LogP) is 4.95. The minimum atomic E-state index is -0.366. The molecule has 2 aromatic rings. The number of aromatic nitrogens is 3. The second-order valence-corrected chi connectivity index (χ2v) is 8.78. The first kappa shape index (κ1) is 21.3. The highest BCUT2D eigenvalue weighted by atomic mass is 35.5. The second kappa shape index (κ2) is 8.45. The highest BCUT2D eigenvalue weighted by Gasteiger charge is 2.25. The molecule has 2 aliphatic heterocycles. The molecule has 7 heteroatoms. The van der Waals surface area contributed by atoms with E-state index in [4.69, 9.17) is 11.6 Å². The van der Waals surface area contributed by atoms with Gasteiger partial charge < -0.3 is 5.32 Å². The Morgan fingerprint density at radius 1 is 1.09 bits per heavy atom. The van der Waals surface area contributed by atoms with E-state index >= 15 is 0 Å². The maximum atomic E-state index is 13.2. The van der Waals surface area contributed by atoms with E-state index in [2.05, 4.69) is 15.4 Å². The van der Waals surface area contributed by atoms with Crippen molar-refractivity contribution in [3.8, 4) is 33.6 Å². The van der Waals surface area contributed by atoms with E-state index < -0.39 is 0 Å². The molecular formula is C26H23ClN4O2. The number of rotatable bonds is 5. The van der Waals surface area contributed by atoms with E-state index in [1.165, 1.54) is 0 Å². The van der Waals surface area contributed by atoms with E-state index in [1.54, 1.807) is 18.2 Å². The van der Waals surface area contributed by atoms with Crippen molar-refractivity contribution < 1.29 is 4.79 Å². The average Bonchev–Trinajstić information content (AvgIpc) is 3.63. The summed E-state index contributed by atoms with van der Waals surface area (Å²) in [4.78, 5) is 30.2. The molecule has 0 aromatic heterocycles. The molecular weight excluding hydrogens is 436 g/mol. The standard InChI is InChI=1S/C26H23ClN4O2/c1-3-31-14-17-13-21(20-12-16(9-8-15(20)2)25(32)28-18-10-11-18)26(33)29-23(17)24(30-31)19-6-4-5-7-22(19)27/h4-9,12-14,18H,3,10-11H2,1-2H3,(H,28,32). The Balaban J connectivity index is 1.67. The van der Waals surface area contributed by atoms with Crippen molar-refractivity contribution in [2.75, 3.05) is 0 Å². The van der Waals surface area contributed by atoms with Gasteiger partial charge in [0, 0.05) is 41.0 Å². The molecule has 166 valence electrons. The van der Waals surface area contributed by atoms with Crippen LogP contribution in [0.15, 0.2) is 59.5 Å². The van der Waals surface area contributed by atoms with Gasteiger partial charge in [0.2, 0.25) is 0 Å². The molecule has 2 heterocycles. The van der Waals surface area contributed by atoms with Crippen molar-refractivity contribution in [2.24, 2.45) is 0 Å². The summed E-state index contributed by atoms with van der Waals surface area (Å²) in [5.41, 5.74) is 4.81. The van der Waals surface area contributed by atoms with Gasteiger partial charge in [-0.3, -0.25) is 14.3 Å². The number of carbonyl (C=O) groups excluding carboxylic acids is 1. The number of hydrogen-bond acceptors (Lipinski definition) is 4. The van der Waals surface area contributed by atoms with Crippen molar-refractivity contribution in [1.29, 1.82) is 0 Å². The van der Waals surface area contributed by atoms with Gasteiger partial charge in [0.15, 0.2) is 0 Å². The number of halogens is 1. The van der Waals surface area contributed by atoms with E-state index in [1.807, 2.05) is 55.1 Å². The Hall–Kier alpha value is -3.51. The van der Waals surface area contributed by atoms with Crippen molar-refractivity contribution >= 4 is 17.5 Å². The van der Waals surface area contributed by atoms with E-state index in [0.29, 0.717) is 39.6 Å². The van der Waals surface area contributed by atoms with Crippen LogP contribution in [0.1, 0.15) is 35.7 Å². The Bertz CT molecular complexity index is 1410. The zero-order chi connectivity index (χ0) is 23.1. The molecule has 0 atom stereocenters. The van der Waals surface area contributed by atoms with Crippen LogP contribution in [0.5, 0.6) is 0 Å². The fourth-order valence-electron chi connectivity index (χ4n) is 3.90. The van der Waals surface area contributed by atoms with Crippen LogP contribution in [0.3, 0.4) is 0 Å². The lowest BCUT2D eigenvalue weighted by Crippen LogP contribution is -2.25. The third-order valence-electron chi connectivity index (χ3n) is 5.91. The first-order valence-corrected chi connectivity index (χ1v) is 11.4. The lowest BCUT2D eigenvalue weighted by molar-refractivity contribution is 0.0951. The molecule has 0 unspecified atom stereocenters. The highest BCUT2D eigenvalue weighted by molar-refractivity contribution is 6.33. The maximum Gasteiger partial charge on any atom is 0.278 e. The summed E-state index contributed by atoms with van der Waals surface area (Å²) < 4.78 is 1.81. The Morgan fingerprint density at radius 2 is 1.88 bits per heavy atom. The molecule has 0 bridgehead atoms. The van der Waals surface area contributed by atoms with Gasteiger partial charge in [0.1, 0.15) is 11.4 Å². The van der Waals surface area contributed by atoms with Gasteiger partial charge >= 0.3 is 0 Å². The lowest BCUT2D eigenvalue weighted by atomic mass is 9.96. The van der Waals surface area contributed by atoms with E-state index in [9.17, 15) is 9.59 Å². The van der Waals surface area contributed by atoms with Crippen LogP contribution in [-0.4, -0.2) is 26.7 Å². The molecule has 33 heavy (non-hydrogen) atoms. The molecule has 0 saturated heterocycles. The number of pyridine rings is 1. The summed E-state index contributed by atoms with van der Waals surface area (Å²) in [5.74, 6) is -0.117. The lowest BCUT2D eigenvalue weighted by Gasteiger charge is -2.16.